The Hall–Kier alpha value is -3.49. The van der Waals surface area contributed by atoms with Gasteiger partial charge in [0.25, 0.3) is 11.4 Å². The summed E-state index contributed by atoms with van der Waals surface area (Å²) in [4.78, 5) is 32.2. The van der Waals surface area contributed by atoms with Crippen LogP contribution in [0.2, 0.25) is 0 Å². The monoisotopic (exact) mass is 330 g/mol. The predicted molar refractivity (Wildman–Crippen MR) is 82.3 cm³/mol. The van der Waals surface area contributed by atoms with E-state index in [9.17, 15) is 30.1 Å². The van der Waals surface area contributed by atoms with Gasteiger partial charge < -0.3 is 15.2 Å². The van der Waals surface area contributed by atoms with Crippen molar-refractivity contribution in [3.8, 4) is 0 Å². The molecule has 0 radical (unpaired) electrons. The molecule has 9 nitrogen and oxygen atoms in total. The number of carbonyl (C=O) groups excluding carboxylic acids is 1. The van der Waals surface area contributed by atoms with Crippen molar-refractivity contribution >= 4 is 23.0 Å². The summed E-state index contributed by atoms with van der Waals surface area (Å²) < 4.78 is 0. The fourth-order valence-corrected chi connectivity index (χ4v) is 2.25. The third-order valence-corrected chi connectivity index (χ3v) is 3.29. The zero-order valence-electron chi connectivity index (χ0n) is 12.5. The van der Waals surface area contributed by atoms with Crippen LogP contribution in [0.1, 0.15) is 17.2 Å². The van der Waals surface area contributed by atoms with Crippen LogP contribution in [0.5, 0.6) is 0 Å². The summed E-state index contributed by atoms with van der Waals surface area (Å²) in [5.74, 6) is -1.56. The molecule has 0 saturated heterocycles. The van der Waals surface area contributed by atoms with Crippen molar-refractivity contribution in [1.82, 2.24) is 0 Å². The fourth-order valence-electron chi connectivity index (χ4n) is 2.25. The van der Waals surface area contributed by atoms with Gasteiger partial charge in [-0.15, -0.1) is 0 Å². The number of carboxylic acids is 1. The summed E-state index contributed by atoms with van der Waals surface area (Å²) >= 11 is 0. The van der Waals surface area contributed by atoms with Crippen molar-refractivity contribution < 1.29 is 19.7 Å². The van der Waals surface area contributed by atoms with E-state index in [-0.39, 0.29) is 5.56 Å². The number of nitro benzene ring substituents is 2. The Morgan fingerprint density at radius 1 is 1.04 bits per heavy atom. The second-order valence-corrected chi connectivity index (χ2v) is 5.00. The molecule has 0 aliphatic carbocycles. The number of aliphatic carboxylic acids is 1. The van der Waals surface area contributed by atoms with Gasteiger partial charge in [-0.3, -0.25) is 20.2 Å². The molecule has 0 spiro atoms. The van der Waals surface area contributed by atoms with Crippen LogP contribution in [-0.2, 0) is 4.79 Å². The molecule has 0 unspecified atom stereocenters. The quantitative estimate of drug-likeness (QED) is 0.628. The van der Waals surface area contributed by atoms with Crippen molar-refractivity contribution in [3.63, 3.8) is 0 Å². The summed E-state index contributed by atoms with van der Waals surface area (Å²) in [6, 6.07) is 8.53. The first kappa shape index (κ1) is 16.9. The lowest BCUT2D eigenvalue weighted by Gasteiger charge is -2.21. The molecular weight excluding hydrogens is 318 g/mol. The van der Waals surface area contributed by atoms with Gasteiger partial charge in [-0.05, 0) is 18.1 Å². The topological polar surface area (TPSA) is 138 Å². The Morgan fingerprint density at radius 3 is 1.96 bits per heavy atom. The average molecular weight is 330 g/mol. The van der Waals surface area contributed by atoms with E-state index in [1.54, 1.807) is 18.2 Å². The number of carbonyl (C=O) groups is 1. The van der Waals surface area contributed by atoms with Gasteiger partial charge in [0.05, 0.1) is 21.9 Å². The highest BCUT2D eigenvalue weighted by Crippen LogP contribution is 2.37. The van der Waals surface area contributed by atoms with Crippen molar-refractivity contribution in [1.29, 1.82) is 0 Å². The molecule has 0 aliphatic rings. The van der Waals surface area contributed by atoms with Crippen LogP contribution >= 0.6 is 0 Å². The van der Waals surface area contributed by atoms with Gasteiger partial charge in [-0.2, -0.15) is 0 Å². The van der Waals surface area contributed by atoms with Gasteiger partial charge in [0.2, 0.25) is 0 Å². The second kappa shape index (κ2) is 6.73. The van der Waals surface area contributed by atoms with E-state index in [4.69, 9.17) is 0 Å². The third-order valence-electron chi connectivity index (χ3n) is 3.29. The van der Waals surface area contributed by atoms with Crippen molar-refractivity contribution in [2.45, 2.75) is 13.0 Å². The third kappa shape index (κ3) is 3.46. The van der Waals surface area contributed by atoms with E-state index in [0.29, 0.717) is 5.56 Å². The van der Waals surface area contributed by atoms with Crippen LogP contribution in [0.3, 0.4) is 0 Å². The summed E-state index contributed by atoms with van der Waals surface area (Å²) in [6.45, 7) is 1.47. The number of nitrogens with one attached hydrogen (secondary N) is 1. The molecular formula is C15H12N3O6-. The van der Waals surface area contributed by atoms with Crippen LogP contribution < -0.4 is 10.4 Å². The van der Waals surface area contributed by atoms with Gasteiger partial charge >= 0.3 is 0 Å². The molecule has 1 atom stereocenters. The molecule has 0 aliphatic heterocycles. The van der Waals surface area contributed by atoms with Gasteiger partial charge in [0, 0.05) is 12.1 Å². The number of nitrogens with zero attached hydrogens (tertiary/aromatic N) is 2. The lowest BCUT2D eigenvalue weighted by atomic mass is 10.1. The van der Waals surface area contributed by atoms with Gasteiger partial charge in [-0.1, -0.05) is 30.3 Å². The zero-order chi connectivity index (χ0) is 17.9. The van der Waals surface area contributed by atoms with Crippen molar-refractivity contribution in [3.05, 3.63) is 73.8 Å². The van der Waals surface area contributed by atoms with Crippen LogP contribution in [0.25, 0.3) is 0 Å². The molecule has 0 fully saturated rings. The highest BCUT2D eigenvalue weighted by atomic mass is 16.6. The molecule has 0 amide bonds. The largest absolute Gasteiger partial charge is 0.548 e. The molecule has 1 N–H and O–H groups in total. The maximum atomic E-state index is 11.4. The Bertz CT molecular complexity index is 771. The predicted octanol–water partition coefficient (Wildman–Crippen LogP) is 1.71. The highest BCUT2D eigenvalue weighted by Gasteiger charge is 2.28. The van der Waals surface area contributed by atoms with Crippen LogP contribution in [-0.4, -0.2) is 15.8 Å². The minimum absolute atomic E-state index is 0.252. The Labute approximate surface area is 135 Å². The van der Waals surface area contributed by atoms with E-state index >= 15 is 0 Å². The number of rotatable bonds is 6. The first-order chi connectivity index (χ1) is 11.3. The second-order valence-electron chi connectivity index (χ2n) is 5.00. The lowest BCUT2D eigenvalue weighted by molar-refractivity contribution is -0.392. The first-order valence-electron chi connectivity index (χ1n) is 6.77. The molecule has 24 heavy (non-hydrogen) atoms. The average Bonchev–Trinajstić information content (AvgIpc) is 2.53. The summed E-state index contributed by atoms with van der Waals surface area (Å²) in [5, 5.41) is 36.2. The molecule has 0 heterocycles. The highest BCUT2D eigenvalue weighted by molar-refractivity contribution is 5.83. The van der Waals surface area contributed by atoms with Crippen LogP contribution in [0.15, 0.2) is 42.5 Å². The number of benzene rings is 2. The summed E-state index contributed by atoms with van der Waals surface area (Å²) in [6.07, 6.45) is 0. The maximum absolute atomic E-state index is 11.4. The molecule has 0 bridgehead atoms. The number of aryl methyl sites for hydroxylation is 1. The number of anilines is 1. The minimum Gasteiger partial charge on any atom is -0.548 e. The first-order valence-corrected chi connectivity index (χ1v) is 6.77. The normalized spacial score (nSPS) is 11.5. The molecule has 2 aromatic carbocycles. The number of hydrogen-bond donors (Lipinski definition) is 1. The molecule has 0 aromatic heterocycles. The van der Waals surface area contributed by atoms with Crippen molar-refractivity contribution in [2.75, 3.05) is 5.32 Å². The number of hydrogen-bond acceptors (Lipinski definition) is 7. The molecule has 124 valence electrons. The summed E-state index contributed by atoms with van der Waals surface area (Å²) in [5.41, 5.74) is -1.08. The zero-order valence-corrected chi connectivity index (χ0v) is 12.5. The molecule has 2 aromatic rings. The molecule has 0 saturated carbocycles. The Kier molecular flexibility index (Phi) is 4.73. The van der Waals surface area contributed by atoms with Crippen molar-refractivity contribution in [2.24, 2.45) is 0 Å². The lowest BCUT2D eigenvalue weighted by Crippen LogP contribution is -2.34. The van der Waals surface area contributed by atoms with E-state index in [0.717, 1.165) is 12.1 Å². The number of nitro groups is 2. The van der Waals surface area contributed by atoms with E-state index in [2.05, 4.69) is 5.32 Å². The number of carboxylic acid groups (broad SMARTS) is 1. The Morgan fingerprint density at radius 2 is 1.54 bits per heavy atom. The Balaban J connectivity index is 2.59. The van der Waals surface area contributed by atoms with E-state index < -0.39 is 38.9 Å². The van der Waals surface area contributed by atoms with E-state index in [1.807, 2.05) is 0 Å². The smallest absolute Gasteiger partial charge is 0.299 e. The molecule has 9 heteroatoms. The minimum atomic E-state index is -1.56. The van der Waals surface area contributed by atoms with Gasteiger partial charge in [0.1, 0.15) is 0 Å². The summed E-state index contributed by atoms with van der Waals surface area (Å²) in [7, 11) is 0. The van der Waals surface area contributed by atoms with Crippen LogP contribution in [0, 0.1) is 27.2 Å². The SMILES string of the molecule is Cc1cc([N+](=O)[O-])c(N[C@@H](C(=O)[O-])c2ccccc2)c([N+](=O)[O-])c1. The fraction of sp³-hybridized carbons (Fsp3) is 0.133. The molecule has 2 rings (SSSR count). The standard InChI is InChI=1S/C15H13N3O6/c1-9-7-11(17(21)22)14(12(8-9)18(23)24)16-13(15(19)20)10-5-3-2-4-6-10/h2-8,13,16H,1H3,(H,19,20)/p-1/t13-/m1/s1. The van der Waals surface area contributed by atoms with E-state index in [1.165, 1.54) is 19.1 Å². The van der Waals surface area contributed by atoms with Gasteiger partial charge in [-0.25, -0.2) is 0 Å². The van der Waals surface area contributed by atoms with Crippen LogP contribution in [0.4, 0.5) is 17.1 Å². The van der Waals surface area contributed by atoms with Gasteiger partial charge in [0.15, 0.2) is 5.69 Å². The maximum Gasteiger partial charge on any atom is 0.299 e.